The summed E-state index contributed by atoms with van der Waals surface area (Å²) in [6.07, 6.45) is 1.44. The number of carbonyl (C=O) groups is 2. The Morgan fingerprint density at radius 2 is 1.76 bits per heavy atom. The number of rotatable bonds is 8. The van der Waals surface area contributed by atoms with E-state index in [-0.39, 0.29) is 28.9 Å². The lowest BCUT2D eigenvalue weighted by atomic mass is 10.0. The molecule has 38 heavy (non-hydrogen) atoms. The molecule has 4 rings (SSSR count). The predicted octanol–water partition coefficient (Wildman–Crippen LogP) is 7.33. The molecule has 0 saturated carbocycles. The molecule has 194 valence electrons. The Bertz CT molecular complexity index is 1530. The summed E-state index contributed by atoms with van der Waals surface area (Å²) >= 11 is 12.1. The summed E-state index contributed by atoms with van der Waals surface area (Å²) in [6.45, 7) is 5.90. The molecule has 0 spiro atoms. The third-order valence-corrected chi connectivity index (χ3v) is 6.36. The Morgan fingerprint density at radius 1 is 0.974 bits per heavy atom. The molecule has 0 fully saturated rings. The number of halogens is 2. The van der Waals surface area contributed by atoms with Gasteiger partial charge in [0.1, 0.15) is 11.5 Å². The first-order chi connectivity index (χ1) is 18.2. The maximum atomic E-state index is 12.9. The Kier molecular flexibility index (Phi) is 8.66. The zero-order valence-corrected chi connectivity index (χ0v) is 22.6. The number of hydrazone groups is 1. The lowest BCUT2D eigenvalue weighted by Crippen LogP contribution is -2.25. The standard InChI is InChI=1S/C30H26Cl2N2O4/c1-18(2)22-11-8-19(3)14-28(22)37-17-29(35)34-33-16-25-23-7-5-4-6-20(23)9-13-27(25)38-30(36)24-12-10-21(31)15-26(24)32/h4-16,18H,17H2,1-3H3,(H,34,35)/b33-16-. The van der Waals surface area contributed by atoms with E-state index in [2.05, 4.69) is 24.4 Å². The number of esters is 1. The van der Waals surface area contributed by atoms with E-state index in [4.69, 9.17) is 32.7 Å². The molecule has 0 aliphatic heterocycles. The number of benzene rings is 4. The molecule has 0 bridgehead atoms. The van der Waals surface area contributed by atoms with E-state index in [1.54, 1.807) is 12.1 Å². The Morgan fingerprint density at radius 3 is 2.53 bits per heavy atom. The van der Waals surface area contributed by atoms with Crippen molar-refractivity contribution in [2.45, 2.75) is 26.7 Å². The van der Waals surface area contributed by atoms with Crippen LogP contribution in [0.25, 0.3) is 10.8 Å². The smallest absolute Gasteiger partial charge is 0.345 e. The van der Waals surface area contributed by atoms with Gasteiger partial charge in [0.25, 0.3) is 5.91 Å². The molecule has 0 aromatic heterocycles. The van der Waals surface area contributed by atoms with Crippen LogP contribution in [-0.4, -0.2) is 24.7 Å². The largest absolute Gasteiger partial charge is 0.483 e. The first-order valence-corrected chi connectivity index (χ1v) is 12.7. The van der Waals surface area contributed by atoms with Gasteiger partial charge in [0.2, 0.25) is 0 Å². The van der Waals surface area contributed by atoms with E-state index in [0.717, 1.165) is 21.9 Å². The Balaban J connectivity index is 1.52. The summed E-state index contributed by atoms with van der Waals surface area (Å²) in [5.74, 6) is 0.109. The molecule has 4 aromatic rings. The van der Waals surface area contributed by atoms with Crippen molar-refractivity contribution in [1.82, 2.24) is 5.43 Å². The number of amides is 1. The third kappa shape index (κ3) is 6.52. The van der Waals surface area contributed by atoms with Gasteiger partial charge < -0.3 is 9.47 Å². The highest BCUT2D eigenvalue weighted by Gasteiger charge is 2.17. The van der Waals surface area contributed by atoms with Crippen LogP contribution >= 0.6 is 23.2 Å². The van der Waals surface area contributed by atoms with Gasteiger partial charge in [0.05, 0.1) is 16.8 Å². The molecule has 0 heterocycles. The highest BCUT2D eigenvalue weighted by atomic mass is 35.5. The van der Waals surface area contributed by atoms with Gasteiger partial charge in [-0.25, -0.2) is 10.2 Å². The van der Waals surface area contributed by atoms with Crippen LogP contribution in [0.1, 0.15) is 46.8 Å². The molecule has 0 saturated heterocycles. The molecular weight excluding hydrogens is 523 g/mol. The summed E-state index contributed by atoms with van der Waals surface area (Å²) in [5.41, 5.74) is 5.24. The maximum Gasteiger partial charge on any atom is 0.345 e. The molecule has 8 heteroatoms. The predicted molar refractivity (Wildman–Crippen MR) is 152 cm³/mol. The van der Waals surface area contributed by atoms with Crippen molar-refractivity contribution in [3.8, 4) is 11.5 Å². The van der Waals surface area contributed by atoms with Crippen LogP contribution in [0.4, 0.5) is 0 Å². The van der Waals surface area contributed by atoms with E-state index in [9.17, 15) is 9.59 Å². The fraction of sp³-hybridized carbons (Fsp3) is 0.167. The molecule has 1 N–H and O–H groups in total. The first-order valence-electron chi connectivity index (χ1n) is 12.0. The highest BCUT2D eigenvalue weighted by Crippen LogP contribution is 2.29. The van der Waals surface area contributed by atoms with Gasteiger partial charge in [-0.15, -0.1) is 0 Å². The summed E-state index contributed by atoms with van der Waals surface area (Å²) in [4.78, 5) is 25.3. The molecule has 0 atom stereocenters. The number of nitrogens with zero attached hydrogens (tertiary/aromatic N) is 1. The second kappa shape index (κ2) is 12.1. The molecule has 1 amide bonds. The van der Waals surface area contributed by atoms with Gasteiger partial charge >= 0.3 is 5.97 Å². The topological polar surface area (TPSA) is 77.0 Å². The zero-order chi connectivity index (χ0) is 27.2. The molecular formula is C30H26Cl2N2O4. The van der Waals surface area contributed by atoms with Crippen LogP contribution in [0.15, 0.2) is 77.9 Å². The van der Waals surface area contributed by atoms with E-state index in [1.807, 2.05) is 55.5 Å². The average molecular weight is 549 g/mol. The molecule has 0 unspecified atom stereocenters. The lowest BCUT2D eigenvalue weighted by molar-refractivity contribution is -0.123. The van der Waals surface area contributed by atoms with Crippen LogP contribution < -0.4 is 14.9 Å². The summed E-state index contributed by atoms with van der Waals surface area (Å²) < 4.78 is 11.5. The summed E-state index contributed by atoms with van der Waals surface area (Å²) in [7, 11) is 0. The fourth-order valence-corrected chi connectivity index (χ4v) is 4.38. The molecule has 0 aliphatic rings. The summed E-state index contributed by atoms with van der Waals surface area (Å²) in [5, 5.41) is 6.40. The number of hydrogen-bond acceptors (Lipinski definition) is 5. The molecule has 0 radical (unpaired) electrons. The number of fused-ring (bicyclic) bond motifs is 1. The molecule has 6 nitrogen and oxygen atoms in total. The third-order valence-electron chi connectivity index (χ3n) is 5.82. The van der Waals surface area contributed by atoms with Gasteiger partial charge in [-0.3, -0.25) is 4.79 Å². The second-order valence-electron chi connectivity index (χ2n) is 8.99. The van der Waals surface area contributed by atoms with Crippen molar-refractivity contribution in [2.75, 3.05) is 6.61 Å². The minimum Gasteiger partial charge on any atom is -0.483 e. The van der Waals surface area contributed by atoms with E-state index < -0.39 is 11.9 Å². The Labute approximate surface area is 231 Å². The number of hydrogen-bond donors (Lipinski definition) is 1. The van der Waals surface area contributed by atoms with Crippen LogP contribution in [0, 0.1) is 6.92 Å². The second-order valence-corrected chi connectivity index (χ2v) is 9.83. The van der Waals surface area contributed by atoms with Crippen LogP contribution in [-0.2, 0) is 4.79 Å². The number of carbonyl (C=O) groups excluding carboxylic acids is 2. The van der Waals surface area contributed by atoms with Crippen molar-refractivity contribution in [3.05, 3.63) is 105 Å². The average Bonchev–Trinajstić information content (AvgIpc) is 2.88. The van der Waals surface area contributed by atoms with E-state index >= 15 is 0 Å². The highest BCUT2D eigenvalue weighted by molar-refractivity contribution is 6.36. The minimum absolute atomic E-state index is 0.175. The quantitative estimate of drug-likeness (QED) is 0.108. The number of aryl methyl sites for hydroxylation is 1. The van der Waals surface area contributed by atoms with Crippen LogP contribution in [0.3, 0.4) is 0 Å². The Hall–Kier alpha value is -3.87. The SMILES string of the molecule is Cc1ccc(C(C)C)c(OCC(=O)N/N=C\c2c(OC(=O)c3ccc(Cl)cc3Cl)ccc3ccccc23)c1. The van der Waals surface area contributed by atoms with E-state index in [1.165, 1.54) is 18.3 Å². The van der Waals surface area contributed by atoms with Crippen molar-refractivity contribution < 1.29 is 19.1 Å². The first kappa shape index (κ1) is 27.2. The van der Waals surface area contributed by atoms with Crippen LogP contribution in [0.5, 0.6) is 11.5 Å². The van der Waals surface area contributed by atoms with E-state index in [0.29, 0.717) is 16.3 Å². The zero-order valence-electron chi connectivity index (χ0n) is 21.1. The van der Waals surface area contributed by atoms with Gasteiger partial charge in [-0.05, 0) is 65.1 Å². The monoisotopic (exact) mass is 548 g/mol. The van der Waals surface area contributed by atoms with Crippen molar-refractivity contribution in [2.24, 2.45) is 5.10 Å². The number of nitrogens with one attached hydrogen (secondary N) is 1. The molecule has 4 aromatic carbocycles. The normalized spacial score (nSPS) is 11.2. The van der Waals surface area contributed by atoms with Crippen molar-refractivity contribution in [1.29, 1.82) is 0 Å². The lowest BCUT2D eigenvalue weighted by Gasteiger charge is -2.14. The number of ether oxygens (including phenoxy) is 2. The minimum atomic E-state index is -0.645. The van der Waals surface area contributed by atoms with Gasteiger partial charge in [0, 0.05) is 10.6 Å². The molecule has 0 aliphatic carbocycles. The van der Waals surface area contributed by atoms with Gasteiger partial charge in [-0.2, -0.15) is 5.10 Å². The summed E-state index contributed by atoms with van der Waals surface area (Å²) in [6, 6.07) is 21.5. The van der Waals surface area contributed by atoms with Crippen molar-refractivity contribution >= 4 is 52.1 Å². The van der Waals surface area contributed by atoms with Crippen molar-refractivity contribution in [3.63, 3.8) is 0 Å². The van der Waals surface area contributed by atoms with Gasteiger partial charge in [0.15, 0.2) is 6.61 Å². The fourth-order valence-electron chi connectivity index (χ4n) is 3.90. The van der Waals surface area contributed by atoms with Crippen LogP contribution in [0.2, 0.25) is 10.0 Å². The van der Waals surface area contributed by atoms with Gasteiger partial charge in [-0.1, -0.05) is 79.5 Å². The maximum absolute atomic E-state index is 12.9.